The molecule has 2 saturated heterocycles. The van der Waals surface area contributed by atoms with Crippen LogP contribution < -0.4 is 4.74 Å². The number of urea groups is 1. The van der Waals surface area contributed by atoms with Crippen molar-refractivity contribution in [2.45, 2.75) is 69.5 Å². The molecule has 0 aliphatic carbocycles. The van der Waals surface area contributed by atoms with Crippen molar-refractivity contribution >= 4 is 51.0 Å². The molecular weight excluding hydrogens is 747 g/mol. The first-order chi connectivity index (χ1) is 25.9. The van der Waals surface area contributed by atoms with Gasteiger partial charge in [-0.05, 0) is 93.6 Å². The second kappa shape index (κ2) is 17.4. The highest BCUT2D eigenvalue weighted by molar-refractivity contribution is 7.89. The minimum absolute atomic E-state index is 0.0365. The summed E-state index contributed by atoms with van der Waals surface area (Å²) in [6, 6.07) is 18.7. The number of piperidine rings is 1. The molecule has 54 heavy (non-hydrogen) atoms. The monoisotopic (exact) mass is 796 g/mol. The van der Waals surface area contributed by atoms with Crippen LogP contribution in [0.1, 0.15) is 62.8 Å². The smallest absolute Gasteiger partial charge is 0.326 e. The van der Waals surface area contributed by atoms with Gasteiger partial charge in [-0.3, -0.25) is 19.6 Å². The molecular formula is C40H50Cl2N6O5S. The molecule has 3 aliphatic rings. The second-order valence-corrected chi connectivity index (χ2v) is 17.2. The first-order valence-corrected chi connectivity index (χ1v) is 21.0. The van der Waals surface area contributed by atoms with Gasteiger partial charge in [-0.1, -0.05) is 53.9 Å². The predicted molar refractivity (Wildman–Crippen MR) is 213 cm³/mol. The molecule has 0 radical (unpaired) electrons. The molecule has 14 heteroatoms. The van der Waals surface area contributed by atoms with Gasteiger partial charge in [0.2, 0.25) is 15.9 Å². The van der Waals surface area contributed by atoms with Gasteiger partial charge >= 0.3 is 6.03 Å². The Morgan fingerprint density at radius 1 is 0.889 bits per heavy atom. The number of hydrogen-bond acceptors (Lipinski definition) is 7. The molecule has 0 saturated carbocycles. The van der Waals surface area contributed by atoms with E-state index in [0.717, 1.165) is 30.4 Å². The first kappa shape index (κ1) is 40.0. The van der Waals surface area contributed by atoms with Crippen molar-refractivity contribution in [1.29, 1.82) is 0 Å². The lowest BCUT2D eigenvalue weighted by atomic mass is 9.94. The van der Waals surface area contributed by atoms with Crippen molar-refractivity contribution in [2.24, 2.45) is 4.99 Å². The number of carbonyl (C=O) groups is 2. The maximum Gasteiger partial charge on any atom is 0.326 e. The van der Waals surface area contributed by atoms with Gasteiger partial charge in [0, 0.05) is 62.4 Å². The summed E-state index contributed by atoms with van der Waals surface area (Å²) >= 11 is 12.6. The van der Waals surface area contributed by atoms with Crippen LogP contribution >= 0.6 is 23.2 Å². The molecule has 11 nitrogen and oxygen atoms in total. The van der Waals surface area contributed by atoms with E-state index in [2.05, 4.69) is 4.90 Å². The van der Waals surface area contributed by atoms with Crippen LogP contribution in [-0.2, 0) is 21.2 Å². The summed E-state index contributed by atoms with van der Waals surface area (Å²) in [4.78, 5) is 40.7. The third-order valence-electron chi connectivity index (χ3n) is 10.5. The highest BCUT2D eigenvalue weighted by atomic mass is 35.5. The van der Waals surface area contributed by atoms with Gasteiger partial charge in [-0.2, -0.15) is 4.31 Å². The van der Waals surface area contributed by atoms with Crippen LogP contribution in [0.15, 0.2) is 76.6 Å². The van der Waals surface area contributed by atoms with Crippen LogP contribution in [0.2, 0.25) is 10.0 Å². The number of nitrogens with zero attached hydrogens (tertiary/aromatic N) is 6. The number of hydrogen-bond donors (Lipinski definition) is 0. The Hall–Kier alpha value is -3.68. The number of benzene rings is 3. The number of rotatable bonds is 11. The van der Waals surface area contributed by atoms with Crippen molar-refractivity contribution in [2.75, 3.05) is 59.5 Å². The zero-order chi connectivity index (χ0) is 38.6. The summed E-state index contributed by atoms with van der Waals surface area (Å²) in [6.07, 6.45) is 3.09. The number of likely N-dealkylation sites (N-methyl/N-ethyl adjacent to an activating group) is 1. The third kappa shape index (κ3) is 8.89. The number of amides is 3. The topological polar surface area (TPSA) is 106 Å². The zero-order valence-corrected chi connectivity index (χ0v) is 33.8. The van der Waals surface area contributed by atoms with Gasteiger partial charge in [0.15, 0.2) is 0 Å². The van der Waals surface area contributed by atoms with Crippen molar-refractivity contribution in [3.8, 4) is 5.75 Å². The average molecular weight is 798 g/mol. The van der Waals surface area contributed by atoms with E-state index in [1.54, 1.807) is 49.3 Å². The summed E-state index contributed by atoms with van der Waals surface area (Å²) in [5.74, 6) is 0.815. The highest BCUT2D eigenvalue weighted by Gasteiger charge is 2.45. The van der Waals surface area contributed by atoms with Gasteiger partial charge in [0.1, 0.15) is 11.6 Å². The molecule has 2 atom stereocenters. The van der Waals surface area contributed by atoms with Crippen LogP contribution in [0, 0.1) is 0 Å². The molecule has 3 aromatic rings. The van der Waals surface area contributed by atoms with Crippen LogP contribution in [0.4, 0.5) is 4.79 Å². The van der Waals surface area contributed by atoms with E-state index in [1.807, 2.05) is 64.2 Å². The molecule has 0 N–H and O–H groups in total. The lowest BCUT2D eigenvalue weighted by Crippen LogP contribution is -2.55. The minimum atomic E-state index is -3.82. The fourth-order valence-corrected chi connectivity index (χ4v) is 9.07. The van der Waals surface area contributed by atoms with E-state index in [-0.39, 0.29) is 29.4 Å². The lowest BCUT2D eigenvalue weighted by molar-refractivity contribution is -0.132. The number of piperazine rings is 1. The average Bonchev–Trinajstić information content (AvgIpc) is 3.54. The van der Waals surface area contributed by atoms with Crippen LogP contribution in [-0.4, -0.2) is 122 Å². The van der Waals surface area contributed by atoms with Gasteiger partial charge in [0.05, 0.1) is 35.7 Å². The number of halogens is 2. The van der Waals surface area contributed by atoms with Gasteiger partial charge in [0.25, 0.3) is 0 Å². The summed E-state index contributed by atoms with van der Waals surface area (Å²) < 4.78 is 35.7. The molecule has 290 valence electrons. The first-order valence-electron chi connectivity index (χ1n) is 18.8. The minimum Gasteiger partial charge on any atom is -0.493 e. The Morgan fingerprint density at radius 3 is 2.13 bits per heavy atom. The fourth-order valence-electron chi connectivity index (χ4n) is 7.27. The molecule has 3 aromatic carbocycles. The maximum absolute atomic E-state index is 15.1. The molecule has 2 fully saturated rings. The molecule has 3 aliphatic heterocycles. The summed E-state index contributed by atoms with van der Waals surface area (Å²) in [5, 5.41) is 1.18. The van der Waals surface area contributed by atoms with E-state index in [9.17, 15) is 13.2 Å². The van der Waals surface area contributed by atoms with Crippen molar-refractivity contribution in [3.05, 3.63) is 93.5 Å². The van der Waals surface area contributed by atoms with E-state index < -0.39 is 22.1 Å². The van der Waals surface area contributed by atoms with Gasteiger partial charge < -0.3 is 14.5 Å². The third-order valence-corrected chi connectivity index (χ3v) is 12.9. The Bertz CT molecular complexity index is 1930. The number of carbonyl (C=O) groups excluding carboxylic acids is 2. The molecule has 0 aromatic heterocycles. The largest absolute Gasteiger partial charge is 0.493 e. The van der Waals surface area contributed by atoms with Crippen LogP contribution in [0.25, 0.3) is 0 Å². The number of aliphatic imine (C=N–C) groups is 1. The number of ether oxygens (including phenoxy) is 1. The van der Waals surface area contributed by atoms with Gasteiger partial charge in [-0.25, -0.2) is 13.2 Å². The summed E-state index contributed by atoms with van der Waals surface area (Å²) in [6.45, 7) is 9.21. The molecule has 0 bridgehead atoms. The Morgan fingerprint density at radius 2 is 1.52 bits per heavy atom. The SMILES string of the molecule is CCOc1ccc(S(=O)(=O)N2CCCCC2)cc1C1=N[C@@H](Cc2ccc(Cl)cc2)[C@@H](c2ccc(Cl)cc2)N1C(=O)N1CCN(CC(=O)N(C)C(C)C)CC1. The van der Waals surface area contributed by atoms with Crippen molar-refractivity contribution in [3.63, 3.8) is 0 Å². The molecule has 3 amide bonds. The van der Waals surface area contributed by atoms with E-state index in [0.29, 0.717) is 79.5 Å². The molecule has 0 spiro atoms. The molecule has 6 rings (SSSR count). The molecule has 3 heterocycles. The quantitative estimate of drug-likeness (QED) is 0.217. The number of amidine groups is 1. The predicted octanol–water partition coefficient (Wildman–Crippen LogP) is 6.59. The summed E-state index contributed by atoms with van der Waals surface area (Å²) in [5.41, 5.74) is 2.25. The van der Waals surface area contributed by atoms with Crippen molar-refractivity contribution < 1.29 is 22.7 Å². The van der Waals surface area contributed by atoms with E-state index in [1.165, 1.54) is 0 Å². The summed E-state index contributed by atoms with van der Waals surface area (Å²) in [7, 11) is -2.02. The van der Waals surface area contributed by atoms with E-state index in [4.69, 9.17) is 32.9 Å². The van der Waals surface area contributed by atoms with Gasteiger partial charge in [-0.15, -0.1) is 0 Å². The fraction of sp³-hybridized carbons (Fsp3) is 0.475. The normalized spacial score (nSPS) is 19.9. The Labute approximate surface area is 329 Å². The maximum atomic E-state index is 15.1. The van der Waals surface area contributed by atoms with Crippen LogP contribution in [0.5, 0.6) is 5.75 Å². The zero-order valence-electron chi connectivity index (χ0n) is 31.5. The standard InChI is InChI=1S/C40H50Cl2N6O5S/c1-5-53-36-18-17-33(54(51,52)47-19-7-6-8-20-47)26-34(36)39-43-35(25-29-9-13-31(41)14-10-29)38(30-11-15-32(42)16-12-30)48(39)40(50)46-23-21-45(22-24-46)27-37(49)44(4)28(2)3/h9-18,26,28,35,38H,5-8,19-25,27H2,1-4H3/t35-,38+/m0/s1. The van der Waals surface area contributed by atoms with Crippen molar-refractivity contribution in [1.82, 2.24) is 23.9 Å². The second-order valence-electron chi connectivity index (χ2n) is 14.4. The Kier molecular flexibility index (Phi) is 12.9. The Balaban J connectivity index is 1.42. The van der Waals surface area contributed by atoms with E-state index >= 15 is 4.79 Å². The van der Waals surface area contributed by atoms with Crippen LogP contribution in [0.3, 0.4) is 0 Å². The molecule has 0 unspecified atom stereocenters. The number of sulfonamides is 1. The highest BCUT2D eigenvalue weighted by Crippen LogP contribution is 2.40. The lowest BCUT2D eigenvalue weighted by Gasteiger charge is -2.39.